The molecule has 0 aromatic carbocycles. The second-order valence-corrected chi connectivity index (χ2v) is 8.50. The first-order chi connectivity index (χ1) is 9.45. The molecule has 0 saturated carbocycles. The fourth-order valence-electron chi connectivity index (χ4n) is 2.47. The van der Waals surface area contributed by atoms with Gasteiger partial charge in [0.1, 0.15) is 4.21 Å². The van der Waals surface area contributed by atoms with Crippen LogP contribution in [0.3, 0.4) is 0 Å². The summed E-state index contributed by atoms with van der Waals surface area (Å²) >= 11 is 1.32. The van der Waals surface area contributed by atoms with Crippen LogP contribution in [-0.4, -0.2) is 57.9 Å². The number of thiophene rings is 1. The Bertz CT molecular complexity index is 540. The molecule has 1 N–H and O–H groups in total. The first-order valence-corrected chi connectivity index (χ1v) is 9.15. The van der Waals surface area contributed by atoms with E-state index in [1.165, 1.54) is 11.3 Å². The maximum atomic E-state index is 12.7. The summed E-state index contributed by atoms with van der Waals surface area (Å²) in [6.45, 7) is 1.92. The van der Waals surface area contributed by atoms with Crippen molar-refractivity contribution in [1.29, 1.82) is 0 Å². The summed E-state index contributed by atoms with van der Waals surface area (Å²) in [4.78, 5) is 2.11. The first-order valence-electron chi connectivity index (χ1n) is 6.83. The fourth-order valence-corrected chi connectivity index (χ4v) is 5.35. The summed E-state index contributed by atoms with van der Waals surface area (Å²) in [7, 11) is 2.55. The van der Waals surface area contributed by atoms with Gasteiger partial charge in [-0.2, -0.15) is 4.31 Å². The zero-order valence-electron chi connectivity index (χ0n) is 12.3. The Morgan fingerprint density at radius 3 is 2.90 bits per heavy atom. The molecule has 5 nitrogen and oxygen atoms in total. The van der Waals surface area contributed by atoms with E-state index in [0.717, 1.165) is 18.4 Å². The molecule has 0 spiro atoms. The molecule has 1 unspecified atom stereocenters. The van der Waals surface area contributed by atoms with Gasteiger partial charge in [-0.15, -0.1) is 11.3 Å². The average Bonchev–Trinajstić information content (AvgIpc) is 2.88. The molecule has 2 heterocycles. The van der Waals surface area contributed by atoms with Crippen molar-refractivity contribution in [2.24, 2.45) is 0 Å². The van der Waals surface area contributed by atoms with Crippen LogP contribution in [-0.2, 0) is 16.6 Å². The van der Waals surface area contributed by atoms with Crippen LogP contribution in [0.2, 0.25) is 0 Å². The lowest BCUT2D eigenvalue weighted by Crippen LogP contribution is -2.47. The van der Waals surface area contributed by atoms with E-state index in [2.05, 4.69) is 10.2 Å². The van der Waals surface area contributed by atoms with E-state index in [4.69, 9.17) is 0 Å². The molecule has 114 valence electrons. The molecular weight excluding hydrogens is 294 g/mol. The molecule has 0 bridgehead atoms. The number of sulfonamides is 1. The molecule has 1 fully saturated rings. The van der Waals surface area contributed by atoms with Crippen molar-refractivity contribution in [2.75, 3.05) is 34.2 Å². The minimum atomic E-state index is -3.33. The van der Waals surface area contributed by atoms with Crippen molar-refractivity contribution in [3.05, 3.63) is 17.0 Å². The molecular formula is C13H23N3O2S2. The number of nitrogens with one attached hydrogen (secondary N) is 1. The third-order valence-electron chi connectivity index (χ3n) is 3.69. The lowest BCUT2D eigenvalue weighted by Gasteiger charge is -2.35. The van der Waals surface area contributed by atoms with Gasteiger partial charge in [0.15, 0.2) is 0 Å². The molecule has 2 rings (SSSR count). The lowest BCUT2D eigenvalue weighted by molar-refractivity contribution is 0.190. The predicted octanol–water partition coefficient (Wildman–Crippen LogP) is 1.18. The molecule has 0 radical (unpaired) electrons. The second kappa shape index (κ2) is 6.53. The minimum Gasteiger partial charge on any atom is -0.316 e. The smallest absolute Gasteiger partial charge is 0.252 e. The van der Waals surface area contributed by atoms with Gasteiger partial charge in [-0.05, 0) is 51.0 Å². The molecule has 20 heavy (non-hydrogen) atoms. The summed E-state index contributed by atoms with van der Waals surface area (Å²) < 4.78 is 27.4. The molecule has 1 saturated heterocycles. The van der Waals surface area contributed by atoms with Gasteiger partial charge in [0.05, 0.1) is 0 Å². The average molecular weight is 317 g/mol. The highest BCUT2D eigenvalue weighted by Gasteiger charge is 2.31. The monoisotopic (exact) mass is 317 g/mol. The van der Waals surface area contributed by atoms with Gasteiger partial charge in [-0.1, -0.05) is 0 Å². The van der Waals surface area contributed by atoms with Gasteiger partial charge in [0.2, 0.25) is 0 Å². The highest BCUT2D eigenvalue weighted by molar-refractivity contribution is 7.91. The Balaban J connectivity index is 2.16. The van der Waals surface area contributed by atoms with Gasteiger partial charge >= 0.3 is 0 Å². The fraction of sp³-hybridized carbons (Fsp3) is 0.692. The number of nitrogens with zero attached hydrogens (tertiary/aromatic N) is 2. The first kappa shape index (κ1) is 15.9. The highest BCUT2D eigenvalue weighted by Crippen LogP contribution is 2.27. The maximum absolute atomic E-state index is 12.7. The van der Waals surface area contributed by atoms with Crippen LogP contribution in [0.1, 0.15) is 18.4 Å². The Labute approximate surface area is 125 Å². The van der Waals surface area contributed by atoms with E-state index in [9.17, 15) is 8.42 Å². The number of rotatable bonds is 5. The molecule has 1 atom stereocenters. The van der Waals surface area contributed by atoms with Crippen LogP contribution < -0.4 is 5.32 Å². The maximum Gasteiger partial charge on any atom is 0.252 e. The summed E-state index contributed by atoms with van der Waals surface area (Å²) in [5.41, 5.74) is 1.03. The van der Waals surface area contributed by atoms with Crippen molar-refractivity contribution in [3.63, 3.8) is 0 Å². The van der Waals surface area contributed by atoms with Crippen LogP contribution >= 0.6 is 11.3 Å². The molecule has 0 aliphatic carbocycles. The molecule has 1 aliphatic rings. The molecule has 1 aliphatic heterocycles. The van der Waals surface area contributed by atoms with E-state index in [-0.39, 0.29) is 0 Å². The standard InChI is InChI=1S/C13H23N3O2S2/c1-14-8-11-7-13(19-10-11)20(17,18)16-6-4-5-12(9-16)15(2)3/h7,10,12,14H,4-6,8-9H2,1-3H3. The molecule has 7 heteroatoms. The SMILES string of the molecule is CNCc1csc(S(=O)(=O)N2CCCC(N(C)C)C2)c1. The van der Waals surface area contributed by atoms with Gasteiger partial charge in [0.25, 0.3) is 10.0 Å². The Kier molecular flexibility index (Phi) is 5.19. The van der Waals surface area contributed by atoms with Crippen LogP contribution in [0.4, 0.5) is 0 Å². The summed E-state index contributed by atoms with van der Waals surface area (Å²) in [6, 6.07) is 2.10. The third-order valence-corrected chi connectivity index (χ3v) is 7.02. The zero-order chi connectivity index (χ0) is 14.8. The van der Waals surface area contributed by atoms with Crippen LogP contribution in [0.5, 0.6) is 0 Å². The number of piperidine rings is 1. The predicted molar refractivity (Wildman–Crippen MR) is 82.6 cm³/mol. The Hall–Kier alpha value is -0.470. The van der Waals surface area contributed by atoms with Crippen molar-refractivity contribution in [1.82, 2.24) is 14.5 Å². The summed E-state index contributed by atoms with van der Waals surface area (Å²) in [5.74, 6) is 0. The van der Waals surface area contributed by atoms with Crippen LogP contribution in [0.15, 0.2) is 15.7 Å². The zero-order valence-corrected chi connectivity index (χ0v) is 13.9. The second-order valence-electron chi connectivity index (χ2n) is 5.43. The van der Waals surface area contributed by atoms with Crippen molar-refractivity contribution in [2.45, 2.75) is 29.6 Å². The van der Waals surface area contributed by atoms with E-state index in [0.29, 0.717) is 29.9 Å². The van der Waals surface area contributed by atoms with E-state index in [1.807, 2.05) is 26.5 Å². The van der Waals surface area contributed by atoms with Crippen LogP contribution in [0, 0.1) is 0 Å². The van der Waals surface area contributed by atoms with Gasteiger partial charge in [-0.25, -0.2) is 8.42 Å². The number of hydrogen-bond donors (Lipinski definition) is 1. The number of likely N-dealkylation sites (N-methyl/N-ethyl adjacent to an activating group) is 1. The lowest BCUT2D eigenvalue weighted by atomic mass is 10.1. The Morgan fingerprint density at radius 1 is 1.50 bits per heavy atom. The van der Waals surface area contributed by atoms with Crippen LogP contribution in [0.25, 0.3) is 0 Å². The molecule has 0 amide bonds. The third kappa shape index (κ3) is 3.40. The van der Waals surface area contributed by atoms with E-state index >= 15 is 0 Å². The normalized spacial score (nSPS) is 21.5. The largest absolute Gasteiger partial charge is 0.316 e. The van der Waals surface area contributed by atoms with Crippen molar-refractivity contribution in [3.8, 4) is 0 Å². The van der Waals surface area contributed by atoms with E-state index < -0.39 is 10.0 Å². The van der Waals surface area contributed by atoms with E-state index in [1.54, 1.807) is 10.4 Å². The number of hydrogen-bond acceptors (Lipinski definition) is 5. The molecule has 1 aromatic heterocycles. The minimum absolute atomic E-state index is 0.315. The van der Waals surface area contributed by atoms with Crippen molar-refractivity contribution >= 4 is 21.4 Å². The van der Waals surface area contributed by atoms with Gasteiger partial charge < -0.3 is 10.2 Å². The molecule has 1 aromatic rings. The summed E-state index contributed by atoms with van der Waals surface area (Å²) in [5, 5.41) is 4.96. The quantitative estimate of drug-likeness (QED) is 0.886. The Morgan fingerprint density at radius 2 is 2.25 bits per heavy atom. The van der Waals surface area contributed by atoms with Crippen molar-refractivity contribution < 1.29 is 8.42 Å². The highest BCUT2D eigenvalue weighted by atomic mass is 32.2. The van der Waals surface area contributed by atoms with Gasteiger partial charge in [0, 0.05) is 25.7 Å². The summed E-state index contributed by atoms with van der Waals surface area (Å²) in [6.07, 6.45) is 1.99. The topological polar surface area (TPSA) is 52.7 Å². The van der Waals surface area contributed by atoms with Gasteiger partial charge in [-0.3, -0.25) is 0 Å².